The third-order valence-corrected chi connectivity index (χ3v) is 3.69. The molecule has 0 saturated heterocycles. The van der Waals surface area contributed by atoms with Gasteiger partial charge in [-0.3, -0.25) is 4.79 Å². The number of carbonyl (C=O) groups is 2. The van der Waals surface area contributed by atoms with E-state index in [0.29, 0.717) is 5.69 Å². The molecule has 5 nitrogen and oxygen atoms in total. The summed E-state index contributed by atoms with van der Waals surface area (Å²) in [6.07, 6.45) is 4.44. The van der Waals surface area contributed by atoms with Crippen molar-refractivity contribution in [1.82, 2.24) is 10.3 Å². The number of rotatable bonds is 6. The molecule has 1 aliphatic carbocycles. The number of carbonyl (C=O) groups excluding carboxylic acids is 1. The average molecular weight is 276 g/mol. The molecule has 20 heavy (non-hydrogen) atoms. The summed E-state index contributed by atoms with van der Waals surface area (Å²) in [5.41, 5.74) is 0.772. The maximum atomic E-state index is 12.1. The largest absolute Gasteiger partial charge is 0.478 e. The van der Waals surface area contributed by atoms with E-state index in [1.165, 1.54) is 25.0 Å². The Kier molecular flexibility index (Phi) is 4.37. The molecule has 1 unspecified atom stereocenters. The summed E-state index contributed by atoms with van der Waals surface area (Å²) < 4.78 is 0. The highest BCUT2D eigenvalue weighted by Crippen LogP contribution is 2.34. The number of nitrogens with zero attached hydrogens (tertiary/aromatic N) is 1. The first-order valence-corrected chi connectivity index (χ1v) is 7.03. The van der Waals surface area contributed by atoms with Crippen molar-refractivity contribution in [3.05, 3.63) is 29.1 Å². The zero-order valence-corrected chi connectivity index (χ0v) is 11.8. The molecule has 1 aromatic rings. The number of hydrogen-bond acceptors (Lipinski definition) is 3. The predicted octanol–water partition coefficient (Wildman–Crippen LogP) is 2.40. The van der Waals surface area contributed by atoms with Crippen molar-refractivity contribution in [2.45, 2.75) is 45.6 Å². The van der Waals surface area contributed by atoms with Gasteiger partial charge in [-0.25, -0.2) is 9.78 Å². The summed E-state index contributed by atoms with van der Waals surface area (Å²) in [6.45, 7) is 3.65. The van der Waals surface area contributed by atoms with Gasteiger partial charge in [0.25, 0.3) is 5.91 Å². The maximum Gasteiger partial charge on any atom is 0.337 e. The van der Waals surface area contributed by atoms with Gasteiger partial charge in [0.1, 0.15) is 5.69 Å². The Hall–Kier alpha value is -1.91. The van der Waals surface area contributed by atoms with Gasteiger partial charge >= 0.3 is 5.97 Å². The molecule has 0 aromatic carbocycles. The minimum Gasteiger partial charge on any atom is -0.478 e. The fourth-order valence-electron chi connectivity index (χ4n) is 2.26. The van der Waals surface area contributed by atoms with Crippen molar-refractivity contribution < 1.29 is 14.7 Å². The molecule has 1 saturated carbocycles. The van der Waals surface area contributed by atoms with E-state index < -0.39 is 5.97 Å². The Labute approximate surface area is 118 Å². The molecule has 1 aliphatic rings. The van der Waals surface area contributed by atoms with Gasteiger partial charge in [-0.05, 0) is 37.8 Å². The number of hydrogen-bond donors (Lipinski definition) is 2. The maximum absolute atomic E-state index is 12.1. The lowest BCUT2D eigenvalue weighted by molar-refractivity contribution is 0.0694. The van der Waals surface area contributed by atoms with Crippen LogP contribution in [-0.2, 0) is 0 Å². The highest BCUT2D eigenvalue weighted by Gasteiger charge is 2.26. The number of aromatic carboxylic acids is 1. The van der Waals surface area contributed by atoms with Gasteiger partial charge in [-0.1, -0.05) is 19.8 Å². The molecule has 1 atom stereocenters. The summed E-state index contributed by atoms with van der Waals surface area (Å²) >= 11 is 0. The van der Waals surface area contributed by atoms with Crippen LogP contribution in [0.4, 0.5) is 0 Å². The Morgan fingerprint density at radius 1 is 1.45 bits per heavy atom. The molecule has 0 spiro atoms. The summed E-state index contributed by atoms with van der Waals surface area (Å²) in [5, 5.41) is 11.9. The number of amides is 1. The lowest BCUT2D eigenvalue weighted by Crippen LogP contribution is -2.35. The van der Waals surface area contributed by atoms with Gasteiger partial charge in [0.05, 0.1) is 11.3 Å². The molecule has 0 bridgehead atoms. The molecular weight excluding hydrogens is 256 g/mol. The van der Waals surface area contributed by atoms with Crippen LogP contribution in [0, 0.1) is 12.8 Å². The highest BCUT2D eigenvalue weighted by molar-refractivity contribution is 5.94. The van der Waals surface area contributed by atoms with E-state index >= 15 is 0 Å². The second-order valence-electron chi connectivity index (χ2n) is 5.39. The van der Waals surface area contributed by atoms with E-state index in [1.54, 1.807) is 6.92 Å². The SMILES string of the molecule is CCC(CC1CC1)NC(=O)c1ccc(C(=O)O)c(C)n1. The molecule has 0 aliphatic heterocycles. The van der Waals surface area contributed by atoms with E-state index in [0.717, 1.165) is 18.8 Å². The standard InChI is InChI=1S/C15H20N2O3/c1-3-11(8-10-4-5-10)17-14(18)13-7-6-12(15(19)20)9(2)16-13/h6-7,10-11H,3-5,8H2,1-2H3,(H,17,18)(H,19,20). The van der Waals surface area contributed by atoms with Gasteiger partial charge in [0.2, 0.25) is 0 Å². The van der Waals surface area contributed by atoms with Gasteiger partial charge < -0.3 is 10.4 Å². The molecule has 5 heteroatoms. The van der Waals surface area contributed by atoms with Gasteiger partial charge in [0.15, 0.2) is 0 Å². The van der Waals surface area contributed by atoms with Gasteiger partial charge in [-0.2, -0.15) is 0 Å². The number of aromatic nitrogens is 1. The van der Waals surface area contributed by atoms with Crippen molar-refractivity contribution >= 4 is 11.9 Å². The number of carboxylic acids is 1. The Morgan fingerprint density at radius 3 is 2.65 bits per heavy atom. The zero-order chi connectivity index (χ0) is 14.7. The molecule has 2 rings (SSSR count). The molecule has 0 radical (unpaired) electrons. The fraction of sp³-hybridized carbons (Fsp3) is 0.533. The van der Waals surface area contributed by atoms with Crippen LogP contribution in [0.2, 0.25) is 0 Å². The van der Waals surface area contributed by atoms with Crippen LogP contribution in [0.3, 0.4) is 0 Å². The summed E-state index contributed by atoms with van der Waals surface area (Å²) in [7, 11) is 0. The molecule has 1 aromatic heterocycles. The van der Waals surface area contributed by atoms with Crippen molar-refractivity contribution in [3.63, 3.8) is 0 Å². The monoisotopic (exact) mass is 276 g/mol. The first kappa shape index (κ1) is 14.5. The van der Waals surface area contributed by atoms with Crippen molar-refractivity contribution in [2.24, 2.45) is 5.92 Å². The van der Waals surface area contributed by atoms with Crippen LogP contribution in [0.15, 0.2) is 12.1 Å². The quantitative estimate of drug-likeness (QED) is 0.836. The van der Waals surface area contributed by atoms with Crippen LogP contribution in [0.1, 0.15) is 59.1 Å². The van der Waals surface area contributed by atoms with Crippen molar-refractivity contribution in [1.29, 1.82) is 0 Å². The molecule has 1 amide bonds. The van der Waals surface area contributed by atoms with Crippen LogP contribution in [-0.4, -0.2) is 28.0 Å². The normalized spacial score (nSPS) is 15.7. The number of nitrogens with one attached hydrogen (secondary N) is 1. The third kappa shape index (κ3) is 3.56. The third-order valence-electron chi connectivity index (χ3n) is 3.69. The zero-order valence-electron chi connectivity index (χ0n) is 11.8. The lowest BCUT2D eigenvalue weighted by Gasteiger charge is -2.16. The van der Waals surface area contributed by atoms with E-state index in [9.17, 15) is 9.59 Å². The van der Waals surface area contributed by atoms with Gasteiger partial charge in [0, 0.05) is 6.04 Å². The Morgan fingerprint density at radius 2 is 2.15 bits per heavy atom. The topological polar surface area (TPSA) is 79.3 Å². The smallest absolute Gasteiger partial charge is 0.337 e. The van der Waals surface area contributed by atoms with Gasteiger partial charge in [-0.15, -0.1) is 0 Å². The van der Waals surface area contributed by atoms with Crippen LogP contribution >= 0.6 is 0 Å². The summed E-state index contributed by atoms with van der Waals surface area (Å²) in [4.78, 5) is 27.1. The number of aryl methyl sites for hydroxylation is 1. The second kappa shape index (κ2) is 6.03. The fourth-order valence-corrected chi connectivity index (χ4v) is 2.26. The second-order valence-corrected chi connectivity index (χ2v) is 5.39. The van der Waals surface area contributed by atoms with Crippen molar-refractivity contribution in [2.75, 3.05) is 0 Å². The first-order valence-electron chi connectivity index (χ1n) is 7.03. The van der Waals surface area contributed by atoms with E-state index in [4.69, 9.17) is 5.11 Å². The van der Waals surface area contributed by atoms with E-state index in [1.807, 2.05) is 0 Å². The number of carboxylic acid groups (broad SMARTS) is 1. The Balaban J connectivity index is 2.04. The summed E-state index contributed by atoms with van der Waals surface area (Å²) in [6, 6.07) is 3.08. The van der Waals surface area contributed by atoms with E-state index in [-0.39, 0.29) is 23.2 Å². The molecule has 1 heterocycles. The Bertz CT molecular complexity index is 524. The van der Waals surface area contributed by atoms with E-state index in [2.05, 4.69) is 17.2 Å². The lowest BCUT2D eigenvalue weighted by atomic mass is 10.1. The molecule has 2 N–H and O–H groups in total. The highest BCUT2D eigenvalue weighted by atomic mass is 16.4. The number of pyridine rings is 1. The predicted molar refractivity (Wildman–Crippen MR) is 74.8 cm³/mol. The first-order chi connectivity index (χ1) is 9.51. The minimum absolute atomic E-state index is 0.131. The summed E-state index contributed by atoms with van der Waals surface area (Å²) in [5.74, 6) is -0.496. The molecule has 1 fully saturated rings. The average Bonchev–Trinajstić information content (AvgIpc) is 3.21. The van der Waals surface area contributed by atoms with Crippen LogP contribution < -0.4 is 5.32 Å². The van der Waals surface area contributed by atoms with Crippen LogP contribution in [0.25, 0.3) is 0 Å². The molecule has 108 valence electrons. The van der Waals surface area contributed by atoms with Crippen molar-refractivity contribution in [3.8, 4) is 0 Å². The minimum atomic E-state index is -1.03. The molecular formula is C15H20N2O3. The van der Waals surface area contributed by atoms with Crippen LogP contribution in [0.5, 0.6) is 0 Å².